The lowest BCUT2D eigenvalue weighted by Gasteiger charge is -2.14. The molecule has 0 aromatic heterocycles. The summed E-state index contributed by atoms with van der Waals surface area (Å²) in [6, 6.07) is 5.99. The molecule has 1 atom stereocenters. The minimum atomic E-state index is -0.00519. The van der Waals surface area contributed by atoms with Crippen molar-refractivity contribution in [3.05, 3.63) is 31.8 Å². The molecule has 0 aliphatic carbocycles. The Balaban J connectivity index is 2.56. The van der Waals surface area contributed by atoms with Gasteiger partial charge in [0.25, 0.3) is 5.91 Å². The van der Waals surface area contributed by atoms with Crippen molar-refractivity contribution in [2.75, 3.05) is 11.5 Å². The number of hydrogen-bond donors (Lipinski definition) is 1. The first kappa shape index (κ1) is 16.3. The number of hydrogen-bond acceptors (Lipinski definition) is 2. The maximum absolute atomic E-state index is 12.1. The molecule has 1 rings (SSSR count). The van der Waals surface area contributed by atoms with E-state index in [-0.39, 0.29) is 11.9 Å². The van der Waals surface area contributed by atoms with Gasteiger partial charge in [0, 0.05) is 14.1 Å². The summed E-state index contributed by atoms with van der Waals surface area (Å²) >= 11 is 7.53. The predicted octanol–water partition coefficient (Wildman–Crippen LogP) is 4.32. The summed E-state index contributed by atoms with van der Waals surface area (Å²) in [5, 5.41) is 3.04. The molecule has 1 N–H and O–H groups in total. The number of benzene rings is 1. The third-order valence-electron chi connectivity index (χ3n) is 2.45. The van der Waals surface area contributed by atoms with Crippen LogP contribution in [0.1, 0.15) is 30.6 Å². The van der Waals surface area contributed by atoms with Crippen LogP contribution >= 0.6 is 50.3 Å². The van der Waals surface area contributed by atoms with Gasteiger partial charge in [0.2, 0.25) is 0 Å². The lowest BCUT2D eigenvalue weighted by atomic mass is 10.2. The van der Waals surface area contributed by atoms with Crippen LogP contribution in [0.5, 0.6) is 0 Å². The average molecular weight is 442 g/mol. The van der Waals surface area contributed by atoms with Gasteiger partial charge in [-0.15, -0.1) is 0 Å². The average Bonchev–Trinajstić information content (AvgIpc) is 2.32. The van der Waals surface area contributed by atoms with E-state index in [1.807, 2.05) is 30.0 Å². The second-order valence-electron chi connectivity index (χ2n) is 3.98. The zero-order valence-corrected chi connectivity index (χ0v) is 15.1. The fraction of sp³-hybridized carbons (Fsp3) is 0.462. The number of carbonyl (C=O) groups is 1. The molecular formula is C13H17BrINOS. The molecule has 100 valence electrons. The van der Waals surface area contributed by atoms with E-state index in [0.29, 0.717) is 5.56 Å². The first-order chi connectivity index (χ1) is 8.54. The smallest absolute Gasteiger partial charge is 0.252 e. The van der Waals surface area contributed by atoms with Crippen LogP contribution in [0.4, 0.5) is 0 Å². The second kappa shape index (κ2) is 8.43. The van der Waals surface area contributed by atoms with E-state index < -0.39 is 0 Å². The van der Waals surface area contributed by atoms with Crippen LogP contribution < -0.4 is 5.32 Å². The first-order valence-corrected chi connectivity index (χ1v) is 8.91. The molecule has 0 fully saturated rings. The third kappa shape index (κ3) is 5.48. The highest BCUT2D eigenvalue weighted by Crippen LogP contribution is 2.19. The quantitative estimate of drug-likeness (QED) is 0.526. The molecule has 0 radical (unpaired) electrons. The molecule has 2 nitrogen and oxygen atoms in total. The van der Waals surface area contributed by atoms with Crippen molar-refractivity contribution in [2.24, 2.45) is 0 Å². The first-order valence-electron chi connectivity index (χ1n) is 5.88. The molecular weight excluding hydrogens is 425 g/mol. The predicted molar refractivity (Wildman–Crippen MR) is 91.4 cm³/mol. The van der Waals surface area contributed by atoms with Crippen LogP contribution in [-0.4, -0.2) is 23.5 Å². The number of carbonyl (C=O) groups excluding carboxylic acids is 1. The van der Waals surface area contributed by atoms with E-state index in [4.69, 9.17) is 0 Å². The van der Waals surface area contributed by atoms with Gasteiger partial charge >= 0.3 is 0 Å². The summed E-state index contributed by atoms with van der Waals surface area (Å²) < 4.78 is 1.91. The molecule has 0 heterocycles. The van der Waals surface area contributed by atoms with Gasteiger partial charge in [-0.2, -0.15) is 11.8 Å². The van der Waals surface area contributed by atoms with Crippen molar-refractivity contribution in [1.29, 1.82) is 0 Å². The van der Waals surface area contributed by atoms with Crippen LogP contribution in [-0.2, 0) is 0 Å². The Morgan fingerprint density at radius 2 is 2.28 bits per heavy atom. The SMILES string of the molecule is CCSCCC(C)NC(=O)c1cc(I)ccc1Br. The molecule has 1 aromatic rings. The minimum Gasteiger partial charge on any atom is -0.350 e. The minimum absolute atomic E-state index is 0.00519. The van der Waals surface area contributed by atoms with Crippen molar-refractivity contribution < 1.29 is 4.79 Å². The molecule has 1 amide bonds. The topological polar surface area (TPSA) is 29.1 Å². The van der Waals surface area contributed by atoms with Gasteiger partial charge in [0.15, 0.2) is 0 Å². The Morgan fingerprint density at radius 3 is 2.94 bits per heavy atom. The normalized spacial score (nSPS) is 12.2. The van der Waals surface area contributed by atoms with Gasteiger partial charge in [-0.05, 0) is 81.6 Å². The van der Waals surface area contributed by atoms with Crippen LogP contribution in [0.15, 0.2) is 22.7 Å². The Kier molecular flexibility index (Phi) is 7.63. The number of thioether (sulfide) groups is 1. The van der Waals surface area contributed by atoms with Gasteiger partial charge in [-0.25, -0.2) is 0 Å². The lowest BCUT2D eigenvalue weighted by Crippen LogP contribution is -2.33. The number of rotatable bonds is 6. The Hall–Kier alpha value is 0.250. The highest BCUT2D eigenvalue weighted by atomic mass is 127. The molecule has 0 spiro atoms. The molecule has 1 unspecified atom stereocenters. The van der Waals surface area contributed by atoms with Crippen molar-refractivity contribution in [2.45, 2.75) is 26.3 Å². The number of amides is 1. The molecule has 0 saturated carbocycles. The second-order valence-corrected chi connectivity index (χ2v) is 7.48. The highest BCUT2D eigenvalue weighted by Gasteiger charge is 2.13. The van der Waals surface area contributed by atoms with Gasteiger partial charge < -0.3 is 5.32 Å². The Bertz CT molecular complexity index is 414. The Morgan fingerprint density at radius 1 is 1.56 bits per heavy atom. The molecule has 1 aromatic carbocycles. The fourth-order valence-corrected chi connectivity index (χ4v) is 3.18. The van der Waals surface area contributed by atoms with E-state index >= 15 is 0 Å². The van der Waals surface area contributed by atoms with Crippen molar-refractivity contribution >= 4 is 56.2 Å². The van der Waals surface area contributed by atoms with Crippen LogP contribution in [0, 0.1) is 3.57 Å². The van der Waals surface area contributed by atoms with E-state index in [1.54, 1.807) is 0 Å². The summed E-state index contributed by atoms with van der Waals surface area (Å²) in [7, 11) is 0. The maximum Gasteiger partial charge on any atom is 0.252 e. The highest BCUT2D eigenvalue weighted by molar-refractivity contribution is 14.1. The van der Waals surface area contributed by atoms with Crippen LogP contribution in [0.2, 0.25) is 0 Å². The summed E-state index contributed by atoms with van der Waals surface area (Å²) in [6.07, 6.45) is 1.01. The van der Waals surface area contributed by atoms with Crippen LogP contribution in [0.25, 0.3) is 0 Å². The third-order valence-corrected chi connectivity index (χ3v) is 4.74. The molecule has 0 bridgehead atoms. The zero-order valence-electron chi connectivity index (χ0n) is 10.5. The molecule has 0 aliphatic rings. The largest absolute Gasteiger partial charge is 0.350 e. The monoisotopic (exact) mass is 441 g/mol. The number of nitrogens with one attached hydrogen (secondary N) is 1. The van der Waals surface area contributed by atoms with E-state index in [0.717, 1.165) is 26.0 Å². The van der Waals surface area contributed by atoms with Gasteiger partial charge in [0.1, 0.15) is 0 Å². The molecule has 5 heteroatoms. The summed E-state index contributed by atoms with van der Waals surface area (Å²) in [5.74, 6) is 2.21. The van der Waals surface area contributed by atoms with E-state index in [1.165, 1.54) is 0 Å². The summed E-state index contributed by atoms with van der Waals surface area (Å²) in [5.41, 5.74) is 0.705. The fourth-order valence-electron chi connectivity index (χ4n) is 1.45. The van der Waals surface area contributed by atoms with Gasteiger partial charge in [-0.1, -0.05) is 6.92 Å². The molecule has 0 saturated heterocycles. The van der Waals surface area contributed by atoms with Gasteiger partial charge in [0.05, 0.1) is 5.56 Å². The molecule has 0 aliphatic heterocycles. The van der Waals surface area contributed by atoms with Gasteiger partial charge in [-0.3, -0.25) is 4.79 Å². The standard InChI is InChI=1S/C13H17BrINOS/c1-3-18-7-6-9(2)16-13(17)11-8-10(15)4-5-12(11)14/h4-5,8-9H,3,6-7H2,1-2H3,(H,16,17). The summed E-state index contributed by atoms with van der Waals surface area (Å²) in [6.45, 7) is 4.20. The summed E-state index contributed by atoms with van der Waals surface area (Å²) in [4.78, 5) is 12.1. The zero-order chi connectivity index (χ0) is 13.5. The lowest BCUT2D eigenvalue weighted by molar-refractivity contribution is 0.0938. The number of halogens is 2. The van der Waals surface area contributed by atoms with Crippen molar-refractivity contribution in [1.82, 2.24) is 5.32 Å². The van der Waals surface area contributed by atoms with Crippen molar-refractivity contribution in [3.8, 4) is 0 Å². The van der Waals surface area contributed by atoms with E-state index in [2.05, 4.69) is 57.7 Å². The van der Waals surface area contributed by atoms with Crippen molar-refractivity contribution in [3.63, 3.8) is 0 Å². The Labute approximate surface area is 135 Å². The van der Waals surface area contributed by atoms with Crippen LogP contribution in [0.3, 0.4) is 0 Å². The van der Waals surface area contributed by atoms with E-state index in [9.17, 15) is 4.79 Å². The maximum atomic E-state index is 12.1. The molecule has 18 heavy (non-hydrogen) atoms.